The predicted octanol–water partition coefficient (Wildman–Crippen LogP) is 1.69. The number of carbonyl (C=O) groups excluding carboxylic acids is 1. The first-order valence-electron chi connectivity index (χ1n) is 4.63. The Bertz CT molecular complexity index is 378. The summed E-state index contributed by atoms with van der Waals surface area (Å²) in [4.78, 5) is 11.2. The number of halogens is 1. The first-order valence-corrected chi connectivity index (χ1v) is 5.01. The van der Waals surface area contributed by atoms with Crippen molar-refractivity contribution in [3.8, 4) is 0 Å². The number of rotatable bonds is 4. The Balaban J connectivity index is 3.08. The van der Waals surface area contributed by atoms with Crippen molar-refractivity contribution in [2.24, 2.45) is 0 Å². The normalized spacial score (nSPS) is 12.2. The van der Waals surface area contributed by atoms with Gasteiger partial charge in [0.05, 0.1) is 13.7 Å². The zero-order chi connectivity index (χ0) is 12.1. The maximum atomic E-state index is 11.2. The van der Waals surface area contributed by atoms with Gasteiger partial charge < -0.3 is 14.6 Å². The molecule has 1 N–H and O–H groups in total. The summed E-state index contributed by atoms with van der Waals surface area (Å²) in [6.07, 6.45) is -1.34. The molecular formula is C11H13ClO4. The zero-order valence-electron chi connectivity index (χ0n) is 9.07. The fourth-order valence-corrected chi connectivity index (χ4v) is 1.53. The fourth-order valence-electron chi connectivity index (χ4n) is 1.35. The van der Waals surface area contributed by atoms with Gasteiger partial charge in [-0.05, 0) is 23.3 Å². The minimum Gasteiger partial charge on any atom is -0.467 e. The van der Waals surface area contributed by atoms with Crippen LogP contribution >= 0.6 is 11.6 Å². The fraction of sp³-hybridized carbons (Fsp3) is 0.364. The Labute approximate surface area is 98.7 Å². The number of esters is 1. The van der Waals surface area contributed by atoms with E-state index in [9.17, 15) is 9.90 Å². The number of ether oxygens (including phenoxy) is 2. The van der Waals surface area contributed by atoms with Crippen molar-refractivity contribution in [1.29, 1.82) is 0 Å². The molecule has 0 radical (unpaired) electrons. The lowest BCUT2D eigenvalue weighted by Crippen LogP contribution is -2.15. The Morgan fingerprint density at radius 1 is 1.50 bits per heavy atom. The van der Waals surface area contributed by atoms with E-state index in [0.717, 1.165) is 0 Å². The van der Waals surface area contributed by atoms with Crippen LogP contribution < -0.4 is 0 Å². The van der Waals surface area contributed by atoms with E-state index in [-0.39, 0.29) is 0 Å². The standard InChI is InChI=1S/C11H13ClO4/c1-15-6-7-3-4-8(12)5-9(7)10(13)11(14)16-2/h3-5,10,13H,6H2,1-2H3. The van der Waals surface area contributed by atoms with E-state index < -0.39 is 12.1 Å². The van der Waals surface area contributed by atoms with Crippen LogP contribution in [0.3, 0.4) is 0 Å². The topological polar surface area (TPSA) is 55.8 Å². The zero-order valence-corrected chi connectivity index (χ0v) is 9.82. The van der Waals surface area contributed by atoms with Crippen molar-refractivity contribution >= 4 is 17.6 Å². The Morgan fingerprint density at radius 2 is 2.19 bits per heavy atom. The molecule has 0 saturated heterocycles. The van der Waals surface area contributed by atoms with E-state index in [4.69, 9.17) is 16.3 Å². The second kappa shape index (κ2) is 5.84. The SMILES string of the molecule is COCc1ccc(Cl)cc1C(O)C(=O)OC. The van der Waals surface area contributed by atoms with Gasteiger partial charge in [-0.1, -0.05) is 17.7 Å². The molecule has 4 nitrogen and oxygen atoms in total. The second-order valence-electron chi connectivity index (χ2n) is 3.20. The van der Waals surface area contributed by atoms with Gasteiger partial charge in [0.25, 0.3) is 0 Å². The molecule has 0 saturated carbocycles. The molecule has 5 heteroatoms. The quantitative estimate of drug-likeness (QED) is 0.819. The average Bonchev–Trinajstić information content (AvgIpc) is 2.29. The molecule has 0 aliphatic carbocycles. The monoisotopic (exact) mass is 244 g/mol. The lowest BCUT2D eigenvalue weighted by Gasteiger charge is -2.13. The number of aliphatic hydroxyl groups excluding tert-OH is 1. The highest BCUT2D eigenvalue weighted by Crippen LogP contribution is 2.24. The highest BCUT2D eigenvalue weighted by atomic mass is 35.5. The van der Waals surface area contributed by atoms with Gasteiger partial charge >= 0.3 is 5.97 Å². The summed E-state index contributed by atoms with van der Waals surface area (Å²) in [5.74, 6) is -0.723. The first-order chi connectivity index (χ1) is 7.60. The lowest BCUT2D eigenvalue weighted by atomic mass is 10.0. The number of benzene rings is 1. The van der Waals surface area contributed by atoms with Crippen molar-refractivity contribution in [3.05, 3.63) is 34.3 Å². The van der Waals surface area contributed by atoms with Crippen LogP contribution in [0.5, 0.6) is 0 Å². The van der Waals surface area contributed by atoms with E-state index in [1.807, 2.05) is 0 Å². The Hall–Kier alpha value is -1.10. The molecule has 0 aromatic heterocycles. The molecule has 1 unspecified atom stereocenters. The Morgan fingerprint density at radius 3 is 2.75 bits per heavy atom. The van der Waals surface area contributed by atoms with Gasteiger partial charge in [0.1, 0.15) is 0 Å². The van der Waals surface area contributed by atoms with Crippen molar-refractivity contribution in [1.82, 2.24) is 0 Å². The third-order valence-corrected chi connectivity index (χ3v) is 2.36. The van der Waals surface area contributed by atoms with E-state index >= 15 is 0 Å². The van der Waals surface area contributed by atoms with E-state index in [2.05, 4.69) is 4.74 Å². The highest BCUT2D eigenvalue weighted by Gasteiger charge is 2.21. The van der Waals surface area contributed by atoms with Gasteiger partial charge in [-0.25, -0.2) is 4.79 Å². The van der Waals surface area contributed by atoms with Gasteiger partial charge in [-0.3, -0.25) is 0 Å². The molecule has 88 valence electrons. The number of methoxy groups -OCH3 is 2. The molecular weight excluding hydrogens is 232 g/mol. The molecule has 1 aromatic rings. The van der Waals surface area contributed by atoms with E-state index in [1.54, 1.807) is 12.1 Å². The van der Waals surface area contributed by atoms with Gasteiger partial charge in [0.2, 0.25) is 0 Å². The van der Waals surface area contributed by atoms with E-state index in [0.29, 0.717) is 22.8 Å². The Kier molecular flexibility index (Phi) is 4.73. The van der Waals surface area contributed by atoms with Crippen LogP contribution in [0, 0.1) is 0 Å². The highest BCUT2D eigenvalue weighted by molar-refractivity contribution is 6.30. The minimum atomic E-state index is -1.34. The smallest absolute Gasteiger partial charge is 0.339 e. The summed E-state index contributed by atoms with van der Waals surface area (Å²) in [5.41, 5.74) is 1.10. The molecule has 0 spiro atoms. The molecule has 0 amide bonds. The van der Waals surface area contributed by atoms with Gasteiger partial charge in [0.15, 0.2) is 6.10 Å². The maximum absolute atomic E-state index is 11.2. The summed E-state index contributed by atoms with van der Waals surface area (Å²) in [6.45, 7) is 0.292. The summed E-state index contributed by atoms with van der Waals surface area (Å²) in [5, 5.41) is 10.2. The van der Waals surface area contributed by atoms with Crippen molar-refractivity contribution in [2.45, 2.75) is 12.7 Å². The number of hydrogen-bond acceptors (Lipinski definition) is 4. The third kappa shape index (κ3) is 2.95. The largest absolute Gasteiger partial charge is 0.467 e. The lowest BCUT2D eigenvalue weighted by molar-refractivity contribution is -0.150. The first kappa shape index (κ1) is 13.0. The number of hydrogen-bond donors (Lipinski definition) is 1. The van der Waals surface area contributed by atoms with E-state index in [1.165, 1.54) is 20.3 Å². The average molecular weight is 245 g/mol. The van der Waals surface area contributed by atoms with Gasteiger partial charge in [-0.15, -0.1) is 0 Å². The van der Waals surface area contributed by atoms with Crippen LogP contribution in [0.4, 0.5) is 0 Å². The molecule has 16 heavy (non-hydrogen) atoms. The summed E-state index contributed by atoms with van der Waals surface area (Å²) >= 11 is 5.80. The molecule has 0 aliphatic rings. The second-order valence-corrected chi connectivity index (χ2v) is 3.64. The molecule has 0 bridgehead atoms. The summed E-state index contributed by atoms with van der Waals surface area (Å²) in [7, 11) is 2.75. The van der Waals surface area contributed by atoms with Crippen molar-refractivity contribution < 1.29 is 19.4 Å². The van der Waals surface area contributed by atoms with Crippen molar-refractivity contribution in [2.75, 3.05) is 14.2 Å². The van der Waals surface area contributed by atoms with Crippen LogP contribution in [0.25, 0.3) is 0 Å². The predicted molar refractivity (Wildman–Crippen MR) is 59.1 cm³/mol. The molecule has 1 aromatic carbocycles. The molecule has 0 heterocycles. The minimum absolute atomic E-state index is 0.292. The number of carbonyl (C=O) groups is 1. The summed E-state index contributed by atoms with van der Waals surface area (Å²) in [6, 6.07) is 4.90. The van der Waals surface area contributed by atoms with Gasteiger partial charge in [0, 0.05) is 12.1 Å². The van der Waals surface area contributed by atoms with Gasteiger partial charge in [-0.2, -0.15) is 0 Å². The van der Waals surface area contributed by atoms with Crippen LogP contribution in [0.2, 0.25) is 5.02 Å². The van der Waals surface area contributed by atoms with Crippen LogP contribution in [-0.4, -0.2) is 25.3 Å². The maximum Gasteiger partial charge on any atom is 0.339 e. The van der Waals surface area contributed by atoms with Crippen LogP contribution in [0.15, 0.2) is 18.2 Å². The molecule has 0 fully saturated rings. The van der Waals surface area contributed by atoms with Crippen LogP contribution in [-0.2, 0) is 20.9 Å². The summed E-state index contributed by atoms with van der Waals surface area (Å²) < 4.78 is 9.43. The number of aliphatic hydroxyl groups is 1. The van der Waals surface area contributed by atoms with Crippen LogP contribution in [0.1, 0.15) is 17.2 Å². The third-order valence-electron chi connectivity index (χ3n) is 2.13. The molecule has 1 rings (SSSR count). The van der Waals surface area contributed by atoms with Crippen molar-refractivity contribution in [3.63, 3.8) is 0 Å². The molecule has 0 aliphatic heterocycles. The molecule has 1 atom stereocenters.